The summed E-state index contributed by atoms with van der Waals surface area (Å²) in [5, 5.41) is 9.38. The Morgan fingerprint density at radius 2 is 2.08 bits per heavy atom. The van der Waals surface area contributed by atoms with Gasteiger partial charge in [-0.3, -0.25) is 19.2 Å². The molecule has 3 aromatic rings. The molecule has 2 aliphatic rings. The second-order valence-corrected chi connectivity index (χ2v) is 7.42. The monoisotopic (exact) mass is 348 g/mol. The molecule has 0 aromatic carbocycles. The summed E-state index contributed by atoms with van der Waals surface area (Å²) >= 11 is 0. The molecule has 0 unspecified atom stereocenters. The molecule has 134 valence electrons. The summed E-state index contributed by atoms with van der Waals surface area (Å²) in [6, 6.07) is 6.27. The lowest BCUT2D eigenvalue weighted by atomic mass is 10.1. The van der Waals surface area contributed by atoms with E-state index < -0.39 is 0 Å². The minimum absolute atomic E-state index is 0.934. The van der Waals surface area contributed by atoms with Crippen LogP contribution in [-0.4, -0.2) is 36.0 Å². The molecule has 6 nitrogen and oxygen atoms in total. The average Bonchev–Trinajstić information content (AvgIpc) is 3.26. The zero-order valence-electron chi connectivity index (χ0n) is 15.2. The van der Waals surface area contributed by atoms with Gasteiger partial charge in [-0.05, 0) is 43.9 Å². The van der Waals surface area contributed by atoms with Crippen molar-refractivity contribution in [1.29, 1.82) is 0 Å². The molecule has 26 heavy (non-hydrogen) atoms. The quantitative estimate of drug-likeness (QED) is 0.730. The Balaban J connectivity index is 1.36. The molecule has 2 aliphatic heterocycles. The summed E-state index contributed by atoms with van der Waals surface area (Å²) in [7, 11) is 0. The van der Waals surface area contributed by atoms with Crippen LogP contribution in [0.2, 0.25) is 0 Å². The highest BCUT2D eigenvalue weighted by atomic mass is 15.3. The Bertz CT molecular complexity index is 938. The largest absolute Gasteiger partial charge is 0.291 e. The van der Waals surface area contributed by atoms with Crippen molar-refractivity contribution in [3.05, 3.63) is 53.1 Å². The summed E-state index contributed by atoms with van der Waals surface area (Å²) in [5.74, 6) is 0. The highest BCUT2D eigenvalue weighted by Crippen LogP contribution is 2.25. The van der Waals surface area contributed by atoms with E-state index in [9.17, 15) is 0 Å². The Kier molecular flexibility index (Phi) is 3.85. The first kappa shape index (κ1) is 15.8. The first-order chi connectivity index (χ1) is 12.8. The van der Waals surface area contributed by atoms with E-state index in [2.05, 4.69) is 49.6 Å². The second-order valence-electron chi connectivity index (χ2n) is 7.42. The van der Waals surface area contributed by atoms with Crippen LogP contribution in [0.25, 0.3) is 11.4 Å². The van der Waals surface area contributed by atoms with Crippen molar-refractivity contribution in [3.63, 3.8) is 0 Å². The SMILES string of the molecule is Cc1cccnc1-c1cc2n(n1)CCN(Cc1cnn3c1CCCC3)C2. The topological polar surface area (TPSA) is 51.8 Å². The molecular weight excluding hydrogens is 324 g/mol. The number of hydrogen-bond acceptors (Lipinski definition) is 4. The van der Waals surface area contributed by atoms with Gasteiger partial charge in [0.05, 0.1) is 24.1 Å². The van der Waals surface area contributed by atoms with Gasteiger partial charge in [-0.25, -0.2) is 0 Å². The molecule has 0 saturated heterocycles. The number of nitrogens with zero attached hydrogens (tertiary/aromatic N) is 6. The van der Waals surface area contributed by atoms with Gasteiger partial charge in [0.15, 0.2) is 0 Å². The molecule has 0 atom stereocenters. The van der Waals surface area contributed by atoms with Gasteiger partial charge in [-0.2, -0.15) is 10.2 Å². The number of aryl methyl sites for hydroxylation is 2. The number of pyridine rings is 1. The van der Waals surface area contributed by atoms with Crippen molar-refractivity contribution in [2.24, 2.45) is 0 Å². The number of fused-ring (bicyclic) bond motifs is 2. The Hall–Kier alpha value is -2.47. The zero-order valence-corrected chi connectivity index (χ0v) is 15.2. The standard InChI is InChI=1S/C20H24N6/c1-15-5-4-7-21-20(15)18-11-17-14-24(9-10-25(17)23-18)13-16-12-22-26-8-3-2-6-19(16)26/h4-5,7,11-12H,2-3,6,8-10,13-14H2,1H3. The van der Waals surface area contributed by atoms with E-state index in [1.807, 2.05) is 12.3 Å². The van der Waals surface area contributed by atoms with Crippen molar-refractivity contribution < 1.29 is 0 Å². The molecule has 0 aliphatic carbocycles. The van der Waals surface area contributed by atoms with E-state index in [0.717, 1.165) is 44.1 Å². The zero-order chi connectivity index (χ0) is 17.5. The van der Waals surface area contributed by atoms with E-state index in [0.29, 0.717) is 0 Å². The lowest BCUT2D eigenvalue weighted by Crippen LogP contribution is -2.33. The Morgan fingerprint density at radius 3 is 3.00 bits per heavy atom. The van der Waals surface area contributed by atoms with Crippen LogP contribution in [-0.2, 0) is 32.6 Å². The fourth-order valence-electron chi connectivity index (χ4n) is 4.18. The lowest BCUT2D eigenvalue weighted by Gasteiger charge is -2.27. The maximum Gasteiger partial charge on any atom is 0.111 e. The van der Waals surface area contributed by atoms with Crippen LogP contribution in [0.1, 0.15) is 35.4 Å². The number of hydrogen-bond donors (Lipinski definition) is 0. The maximum absolute atomic E-state index is 4.79. The number of aromatic nitrogens is 5. The average molecular weight is 348 g/mol. The smallest absolute Gasteiger partial charge is 0.111 e. The van der Waals surface area contributed by atoms with Gasteiger partial charge in [0.25, 0.3) is 0 Å². The van der Waals surface area contributed by atoms with E-state index >= 15 is 0 Å². The van der Waals surface area contributed by atoms with Crippen LogP contribution in [0.4, 0.5) is 0 Å². The third kappa shape index (κ3) is 2.74. The van der Waals surface area contributed by atoms with E-state index in [1.165, 1.54) is 41.8 Å². The Morgan fingerprint density at radius 1 is 1.12 bits per heavy atom. The van der Waals surface area contributed by atoms with Gasteiger partial charge in [-0.1, -0.05) is 6.07 Å². The third-order valence-corrected chi connectivity index (χ3v) is 5.59. The van der Waals surface area contributed by atoms with Gasteiger partial charge in [0, 0.05) is 43.6 Å². The maximum atomic E-state index is 4.79. The first-order valence-corrected chi connectivity index (χ1v) is 9.52. The van der Waals surface area contributed by atoms with Gasteiger partial charge < -0.3 is 0 Å². The van der Waals surface area contributed by atoms with Crippen LogP contribution in [0.15, 0.2) is 30.6 Å². The minimum atomic E-state index is 0.934. The van der Waals surface area contributed by atoms with E-state index in [4.69, 9.17) is 5.10 Å². The minimum Gasteiger partial charge on any atom is -0.291 e. The van der Waals surface area contributed by atoms with Crippen LogP contribution < -0.4 is 0 Å². The van der Waals surface area contributed by atoms with Crippen molar-refractivity contribution in [2.75, 3.05) is 6.54 Å². The molecule has 0 radical (unpaired) electrons. The van der Waals surface area contributed by atoms with Crippen LogP contribution in [0.3, 0.4) is 0 Å². The van der Waals surface area contributed by atoms with Crippen LogP contribution in [0.5, 0.6) is 0 Å². The molecule has 5 heterocycles. The normalized spacial score (nSPS) is 17.1. The molecule has 3 aromatic heterocycles. The predicted molar refractivity (Wildman–Crippen MR) is 99.5 cm³/mol. The molecule has 0 fully saturated rings. The van der Waals surface area contributed by atoms with Gasteiger partial charge in [0.2, 0.25) is 0 Å². The molecule has 0 amide bonds. The second kappa shape index (κ2) is 6.36. The first-order valence-electron chi connectivity index (χ1n) is 9.52. The van der Waals surface area contributed by atoms with Gasteiger partial charge in [0.1, 0.15) is 5.69 Å². The molecule has 0 spiro atoms. The van der Waals surface area contributed by atoms with Crippen LogP contribution >= 0.6 is 0 Å². The molecule has 6 heteroatoms. The van der Waals surface area contributed by atoms with E-state index in [1.54, 1.807) is 0 Å². The molecule has 0 bridgehead atoms. The Labute approximate surface area is 153 Å². The lowest BCUT2D eigenvalue weighted by molar-refractivity contribution is 0.204. The van der Waals surface area contributed by atoms with Gasteiger partial charge in [-0.15, -0.1) is 0 Å². The molecule has 0 N–H and O–H groups in total. The molecular formula is C20H24N6. The van der Waals surface area contributed by atoms with Crippen molar-refractivity contribution >= 4 is 0 Å². The van der Waals surface area contributed by atoms with Crippen molar-refractivity contribution in [3.8, 4) is 11.4 Å². The third-order valence-electron chi connectivity index (χ3n) is 5.59. The van der Waals surface area contributed by atoms with Crippen molar-refractivity contribution in [1.82, 2.24) is 29.4 Å². The molecule has 5 rings (SSSR count). The highest BCUT2D eigenvalue weighted by Gasteiger charge is 2.22. The summed E-state index contributed by atoms with van der Waals surface area (Å²) in [5.41, 5.74) is 7.27. The summed E-state index contributed by atoms with van der Waals surface area (Å²) < 4.78 is 4.35. The van der Waals surface area contributed by atoms with E-state index in [-0.39, 0.29) is 0 Å². The van der Waals surface area contributed by atoms with Crippen LogP contribution in [0, 0.1) is 6.92 Å². The summed E-state index contributed by atoms with van der Waals surface area (Å²) in [6.45, 7) is 7.05. The molecule has 0 saturated carbocycles. The fraction of sp³-hybridized carbons (Fsp3) is 0.450. The summed E-state index contributed by atoms with van der Waals surface area (Å²) in [4.78, 5) is 7.03. The summed E-state index contributed by atoms with van der Waals surface area (Å²) in [6.07, 6.45) is 7.64. The predicted octanol–water partition coefficient (Wildman–Crippen LogP) is 2.80. The van der Waals surface area contributed by atoms with Crippen molar-refractivity contribution in [2.45, 2.75) is 52.4 Å². The van der Waals surface area contributed by atoms with Gasteiger partial charge >= 0.3 is 0 Å². The highest BCUT2D eigenvalue weighted by molar-refractivity contribution is 5.58. The fourth-order valence-corrected chi connectivity index (χ4v) is 4.18. The number of rotatable bonds is 3.